The number of thioether (sulfide) groups is 1. The normalized spacial score (nSPS) is 17.3. The Balaban J connectivity index is 1.98. The number of phenolic OH excluding ortho intramolecular Hbond substituents is 1. The van der Waals surface area contributed by atoms with Gasteiger partial charge in [0.15, 0.2) is 4.83 Å². The van der Waals surface area contributed by atoms with Crippen molar-refractivity contribution < 1.29 is 5.11 Å². The van der Waals surface area contributed by atoms with Gasteiger partial charge in [0.1, 0.15) is 5.75 Å². The molecule has 1 aliphatic heterocycles. The zero-order chi connectivity index (χ0) is 12.5. The van der Waals surface area contributed by atoms with Gasteiger partial charge in [-0.2, -0.15) is 0 Å². The number of hydrogen-bond donors (Lipinski definition) is 2. The van der Waals surface area contributed by atoms with Gasteiger partial charge in [-0.15, -0.1) is 0 Å². The van der Waals surface area contributed by atoms with E-state index in [1.165, 1.54) is 17.3 Å². The zero-order valence-electron chi connectivity index (χ0n) is 9.56. The summed E-state index contributed by atoms with van der Waals surface area (Å²) in [5.74, 6) is 0.291. The predicted octanol–water partition coefficient (Wildman–Crippen LogP) is 4.02. The highest BCUT2D eigenvalue weighted by Crippen LogP contribution is 2.44. The first-order valence-corrected chi connectivity index (χ1v) is 7.01. The minimum Gasteiger partial charge on any atom is -0.508 e. The number of halogens is 1. The molecule has 0 saturated heterocycles. The Bertz CT molecular complexity index is 574. The average Bonchev–Trinajstić information content (AvgIpc) is 2.71. The maximum atomic E-state index is 9.76. The highest BCUT2D eigenvalue weighted by molar-refractivity contribution is 8.01. The van der Waals surface area contributed by atoms with Crippen LogP contribution < -0.4 is 5.32 Å². The van der Waals surface area contributed by atoms with Crippen LogP contribution >= 0.6 is 23.4 Å². The van der Waals surface area contributed by atoms with E-state index in [1.54, 1.807) is 12.1 Å². The average molecular weight is 278 g/mol. The van der Waals surface area contributed by atoms with Crippen molar-refractivity contribution in [3.63, 3.8) is 0 Å². The molecule has 2 aromatic rings. The SMILES string of the molecule is Oc1cc(Cc2ccccc2)c2c(c1)SC(Cl)N2. The van der Waals surface area contributed by atoms with Crippen molar-refractivity contribution in [3.8, 4) is 5.75 Å². The van der Waals surface area contributed by atoms with Crippen LogP contribution in [-0.2, 0) is 6.42 Å². The highest BCUT2D eigenvalue weighted by Gasteiger charge is 2.22. The lowest BCUT2D eigenvalue weighted by molar-refractivity contribution is 0.473. The molecule has 2 aromatic carbocycles. The van der Waals surface area contributed by atoms with E-state index in [2.05, 4.69) is 17.4 Å². The summed E-state index contributed by atoms with van der Waals surface area (Å²) in [7, 11) is 0. The molecule has 0 amide bonds. The van der Waals surface area contributed by atoms with Gasteiger partial charge in [0.25, 0.3) is 0 Å². The summed E-state index contributed by atoms with van der Waals surface area (Å²) in [5.41, 5.74) is 3.34. The van der Waals surface area contributed by atoms with E-state index in [1.807, 2.05) is 18.2 Å². The highest BCUT2D eigenvalue weighted by atomic mass is 35.5. The molecular weight excluding hydrogens is 266 g/mol. The van der Waals surface area contributed by atoms with Crippen molar-refractivity contribution in [2.75, 3.05) is 5.32 Å². The molecular formula is C14H12ClNOS. The van der Waals surface area contributed by atoms with Crippen molar-refractivity contribution in [2.24, 2.45) is 0 Å². The van der Waals surface area contributed by atoms with Crippen LogP contribution in [0.2, 0.25) is 0 Å². The Morgan fingerprint density at radius 2 is 2.00 bits per heavy atom. The molecule has 1 atom stereocenters. The Hall–Kier alpha value is -1.32. The molecule has 2 N–H and O–H groups in total. The van der Waals surface area contributed by atoms with Gasteiger partial charge in [-0.3, -0.25) is 0 Å². The van der Waals surface area contributed by atoms with Gasteiger partial charge in [-0.05, 0) is 29.7 Å². The Kier molecular flexibility index (Phi) is 3.10. The lowest BCUT2D eigenvalue weighted by Gasteiger charge is -2.09. The first-order chi connectivity index (χ1) is 8.72. The first kappa shape index (κ1) is 11.8. The number of fused-ring (bicyclic) bond motifs is 1. The molecule has 0 spiro atoms. The second kappa shape index (κ2) is 4.75. The fraction of sp³-hybridized carbons (Fsp3) is 0.143. The van der Waals surface area contributed by atoms with Gasteiger partial charge in [0.05, 0.1) is 5.69 Å². The van der Waals surface area contributed by atoms with Gasteiger partial charge in [-0.25, -0.2) is 0 Å². The van der Waals surface area contributed by atoms with Crippen molar-refractivity contribution in [2.45, 2.75) is 16.1 Å². The molecule has 1 unspecified atom stereocenters. The van der Waals surface area contributed by atoms with Gasteiger partial charge in [0, 0.05) is 4.90 Å². The summed E-state index contributed by atoms with van der Waals surface area (Å²) >= 11 is 7.60. The van der Waals surface area contributed by atoms with Crippen LogP contribution in [-0.4, -0.2) is 9.94 Å². The molecule has 0 saturated carbocycles. The summed E-state index contributed by atoms with van der Waals surface area (Å²) in [6.45, 7) is 0. The Labute approximate surface area is 115 Å². The van der Waals surface area contributed by atoms with Crippen LogP contribution in [0.25, 0.3) is 0 Å². The molecule has 0 bridgehead atoms. The molecule has 92 valence electrons. The van der Waals surface area contributed by atoms with Gasteiger partial charge in [-0.1, -0.05) is 53.7 Å². The van der Waals surface area contributed by atoms with E-state index >= 15 is 0 Å². The van der Waals surface area contributed by atoms with E-state index in [9.17, 15) is 5.11 Å². The van der Waals surface area contributed by atoms with Crippen molar-refractivity contribution in [1.82, 2.24) is 0 Å². The van der Waals surface area contributed by atoms with E-state index < -0.39 is 0 Å². The minimum absolute atomic E-state index is 0.156. The monoisotopic (exact) mass is 277 g/mol. The predicted molar refractivity (Wildman–Crippen MR) is 76.5 cm³/mol. The molecule has 0 radical (unpaired) electrons. The van der Waals surface area contributed by atoms with Gasteiger partial charge >= 0.3 is 0 Å². The zero-order valence-corrected chi connectivity index (χ0v) is 11.1. The molecule has 4 heteroatoms. The fourth-order valence-electron chi connectivity index (χ4n) is 2.12. The topological polar surface area (TPSA) is 32.3 Å². The van der Waals surface area contributed by atoms with Gasteiger partial charge < -0.3 is 10.4 Å². The number of phenols is 1. The van der Waals surface area contributed by atoms with Crippen LogP contribution in [0.3, 0.4) is 0 Å². The minimum atomic E-state index is -0.156. The summed E-state index contributed by atoms with van der Waals surface area (Å²) < 4.78 is 0. The number of rotatable bonds is 2. The molecule has 3 rings (SSSR count). The molecule has 0 fully saturated rings. The lowest BCUT2D eigenvalue weighted by atomic mass is 10.0. The third-order valence-electron chi connectivity index (χ3n) is 2.89. The number of alkyl halides is 1. The lowest BCUT2D eigenvalue weighted by Crippen LogP contribution is -2.02. The third-order valence-corrected chi connectivity index (χ3v) is 4.17. The van der Waals surface area contributed by atoms with Crippen LogP contribution in [0.15, 0.2) is 47.4 Å². The van der Waals surface area contributed by atoms with Crippen LogP contribution in [0.4, 0.5) is 5.69 Å². The number of nitrogens with one attached hydrogen (secondary N) is 1. The van der Waals surface area contributed by atoms with E-state index in [0.717, 1.165) is 22.6 Å². The maximum absolute atomic E-state index is 9.76. The van der Waals surface area contributed by atoms with E-state index in [0.29, 0.717) is 5.75 Å². The molecule has 2 nitrogen and oxygen atoms in total. The molecule has 0 aromatic heterocycles. The Morgan fingerprint density at radius 1 is 1.22 bits per heavy atom. The van der Waals surface area contributed by atoms with Gasteiger partial charge in [0.2, 0.25) is 0 Å². The largest absolute Gasteiger partial charge is 0.508 e. The van der Waals surface area contributed by atoms with Crippen LogP contribution in [0.1, 0.15) is 11.1 Å². The summed E-state index contributed by atoms with van der Waals surface area (Å²) in [6, 6.07) is 13.8. The van der Waals surface area contributed by atoms with Crippen molar-refractivity contribution >= 4 is 29.1 Å². The molecule has 0 aliphatic carbocycles. The van der Waals surface area contributed by atoms with E-state index in [-0.39, 0.29) is 4.83 Å². The molecule has 1 heterocycles. The summed E-state index contributed by atoms with van der Waals surface area (Å²) in [5, 5.41) is 13.0. The quantitative estimate of drug-likeness (QED) is 0.494. The maximum Gasteiger partial charge on any atom is 0.153 e. The smallest absolute Gasteiger partial charge is 0.153 e. The number of hydrogen-bond acceptors (Lipinski definition) is 3. The first-order valence-electron chi connectivity index (χ1n) is 5.69. The van der Waals surface area contributed by atoms with Crippen molar-refractivity contribution in [1.29, 1.82) is 0 Å². The third kappa shape index (κ3) is 2.28. The second-order valence-electron chi connectivity index (χ2n) is 4.22. The second-order valence-corrected chi connectivity index (χ2v) is 6.06. The summed E-state index contributed by atoms with van der Waals surface area (Å²) in [6.07, 6.45) is 0.786. The van der Waals surface area contributed by atoms with Crippen LogP contribution in [0.5, 0.6) is 5.75 Å². The standard InChI is InChI=1S/C14H12ClNOS/c15-14-16-13-10(6-9-4-2-1-3-5-9)7-11(17)8-12(13)18-14/h1-5,7-8,14,16-17H,6H2. The number of aromatic hydroxyl groups is 1. The Morgan fingerprint density at radius 3 is 2.78 bits per heavy atom. The van der Waals surface area contributed by atoms with Crippen LogP contribution in [0, 0.1) is 0 Å². The summed E-state index contributed by atoms with van der Waals surface area (Å²) in [4.78, 5) is 0.859. The number of anilines is 1. The van der Waals surface area contributed by atoms with E-state index in [4.69, 9.17) is 11.6 Å². The molecule has 18 heavy (non-hydrogen) atoms. The van der Waals surface area contributed by atoms with Crippen molar-refractivity contribution in [3.05, 3.63) is 53.6 Å². The fourth-order valence-corrected chi connectivity index (χ4v) is 3.42. The number of benzene rings is 2. The molecule has 1 aliphatic rings.